The molecule has 1 aliphatic rings. The number of hydrogen-bond acceptors (Lipinski definition) is 8. The Morgan fingerprint density at radius 1 is 0.917 bits per heavy atom. The Morgan fingerprint density at radius 2 is 1.47 bits per heavy atom. The van der Waals surface area contributed by atoms with E-state index in [4.69, 9.17) is 18.9 Å². The van der Waals surface area contributed by atoms with E-state index in [-0.39, 0.29) is 13.0 Å². The molecule has 36 heavy (non-hydrogen) atoms. The van der Waals surface area contributed by atoms with Gasteiger partial charge in [-0.05, 0) is 65.7 Å². The summed E-state index contributed by atoms with van der Waals surface area (Å²) in [5, 5.41) is 0. The van der Waals surface area contributed by atoms with E-state index in [1.807, 2.05) is 0 Å². The topological polar surface area (TPSA) is 101 Å². The van der Waals surface area contributed by atoms with Crippen LogP contribution >= 0.6 is 0 Å². The number of ether oxygens (including phenoxy) is 5. The minimum absolute atomic E-state index is 0.0532. The number of carbonyl (C=O) groups is 3. The van der Waals surface area contributed by atoms with Gasteiger partial charge in [-0.25, -0.2) is 9.59 Å². The third kappa shape index (κ3) is 9.46. The second-order valence-electron chi connectivity index (χ2n) is 10.3. The zero-order chi connectivity index (χ0) is 27.5. The monoisotopic (exact) mass is 519 g/mol. The molecule has 0 aliphatic carbocycles. The Bertz CT molecular complexity index is 935. The molecule has 9 nitrogen and oxygen atoms in total. The summed E-state index contributed by atoms with van der Waals surface area (Å²) >= 11 is 0. The van der Waals surface area contributed by atoms with Gasteiger partial charge in [0.1, 0.15) is 17.0 Å². The van der Waals surface area contributed by atoms with Gasteiger partial charge in [0.05, 0.1) is 12.6 Å². The molecule has 1 aromatic carbocycles. The average Bonchev–Trinajstić information content (AvgIpc) is 2.96. The van der Waals surface area contributed by atoms with Crippen LogP contribution in [0.2, 0.25) is 0 Å². The Labute approximate surface area is 207 Å². The average molecular weight is 520 g/mol. The number of rotatable bonds is 5. The van der Waals surface area contributed by atoms with E-state index in [9.17, 15) is 27.6 Å². The highest BCUT2D eigenvalue weighted by atomic mass is 19.4. The van der Waals surface area contributed by atoms with E-state index in [1.165, 1.54) is 24.0 Å². The summed E-state index contributed by atoms with van der Waals surface area (Å²) in [6.07, 6.45) is -8.70. The first-order valence-corrected chi connectivity index (χ1v) is 11.2. The first-order chi connectivity index (χ1) is 16.3. The van der Waals surface area contributed by atoms with Crippen LogP contribution in [0.3, 0.4) is 0 Å². The van der Waals surface area contributed by atoms with Gasteiger partial charge in [0.25, 0.3) is 0 Å². The fourth-order valence-electron chi connectivity index (χ4n) is 3.53. The molecule has 3 atom stereocenters. The number of benzene rings is 1. The molecule has 0 radical (unpaired) electrons. The van der Waals surface area contributed by atoms with Crippen molar-refractivity contribution >= 4 is 18.2 Å². The van der Waals surface area contributed by atoms with Crippen LogP contribution in [0.5, 0.6) is 5.75 Å². The van der Waals surface area contributed by atoms with Crippen molar-refractivity contribution in [1.29, 1.82) is 0 Å². The summed E-state index contributed by atoms with van der Waals surface area (Å²) < 4.78 is 62.9. The SMILES string of the molecule is CC(=O)O[C@@H]1[C@@H](OC(=O)OC(C)(C)C)CN(C(=O)OC(C)(C)C)[C@@H]1Cc1ccc(OC(F)(F)F)cc1. The second kappa shape index (κ2) is 10.8. The number of halogens is 3. The Balaban J connectivity index is 2.35. The van der Waals surface area contributed by atoms with Crippen molar-refractivity contribution in [2.24, 2.45) is 0 Å². The summed E-state index contributed by atoms with van der Waals surface area (Å²) in [5.41, 5.74) is -1.19. The Morgan fingerprint density at radius 3 is 1.94 bits per heavy atom. The molecule has 202 valence electrons. The minimum Gasteiger partial charge on any atom is -0.456 e. The maximum atomic E-state index is 13.0. The van der Waals surface area contributed by atoms with Crippen molar-refractivity contribution in [3.8, 4) is 5.75 Å². The molecule has 1 fully saturated rings. The summed E-state index contributed by atoms with van der Waals surface area (Å²) in [6.45, 7) is 11.0. The van der Waals surface area contributed by atoms with Crippen molar-refractivity contribution in [3.05, 3.63) is 29.8 Å². The van der Waals surface area contributed by atoms with E-state index in [1.54, 1.807) is 41.5 Å². The maximum absolute atomic E-state index is 13.0. The molecule has 0 N–H and O–H groups in total. The molecular weight excluding hydrogens is 487 g/mol. The Hall–Kier alpha value is -3.18. The van der Waals surface area contributed by atoms with Gasteiger partial charge in [-0.15, -0.1) is 13.2 Å². The summed E-state index contributed by atoms with van der Waals surface area (Å²) in [6, 6.07) is 4.18. The number of likely N-dealkylation sites (tertiary alicyclic amines) is 1. The fraction of sp³-hybridized carbons (Fsp3) is 0.625. The zero-order valence-corrected chi connectivity index (χ0v) is 21.3. The molecule has 0 aromatic heterocycles. The first kappa shape index (κ1) is 29.1. The fourth-order valence-corrected chi connectivity index (χ4v) is 3.53. The lowest BCUT2D eigenvalue weighted by Crippen LogP contribution is -2.45. The molecule has 0 saturated carbocycles. The van der Waals surface area contributed by atoms with Crippen LogP contribution in [0.25, 0.3) is 0 Å². The van der Waals surface area contributed by atoms with Crippen LogP contribution in [-0.2, 0) is 30.2 Å². The third-order valence-corrected chi connectivity index (χ3v) is 4.69. The number of esters is 1. The third-order valence-electron chi connectivity index (χ3n) is 4.69. The molecule has 0 bridgehead atoms. The number of carbonyl (C=O) groups excluding carboxylic acids is 3. The van der Waals surface area contributed by atoms with Gasteiger partial charge in [-0.1, -0.05) is 12.1 Å². The van der Waals surface area contributed by atoms with Crippen LogP contribution in [0.4, 0.5) is 22.8 Å². The van der Waals surface area contributed by atoms with Gasteiger partial charge in [-0.2, -0.15) is 0 Å². The summed E-state index contributed by atoms with van der Waals surface area (Å²) in [5.74, 6) is -1.09. The van der Waals surface area contributed by atoms with Crippen LogP contribution < -0.4 is 4.74 Å². The lowest BCUT2D eigenvalue weighted by molar-refractivity contribution is -0.274. The zero-order valence-electron chi connectivity index (χ0n) is 21.3. The smallest absolute Gasteiger partial charge is 0.456 e. The highest BCUT2D eigenvalue weighted by Gasteiger charge is 2.49. The lowest BCUT2D eigenvalue weighted by atomic mass is 10.0. The largest absolute Gasteiger partial charge is 0.573 e. The molecule has 1 amide bonds. The number of hydrogen-bond donors (Lipinski definition) is 0. The first-order valence-electron chi connectivity index (χ1n) is 11.2. The van der Waals surface area contributed by atoms with Crippen LogP contribution in [0, 0.1) is 0 Å². The quantitative estimate of drug-likeness (QED) is 0.396. The molecule has 1 aliphatic heterocycles. The van der Waals surface area contributed by atoms with Gasteiger partial charge < -0.3 is 23.7 Å². The van der Waals surface area contributed by atoms with Crippen LogP contribution in [-0.4, -0.2) is 65.5 Å². The molecule has 1 aromatic rings. The van der Waals surface area contributed by atoms with E-state index in [0.29, 0.717) is 5.56 Å². The number of nitrogens with zero attached hydrogens (tertiary/aromatic N) is 1. The van der Waals surface area contributed by atoms with Crippen molar-refractivity contribution in [2.45, 2.75) is 90.7 Å². The molecule has 1 heterocycles. The van der Waals surface area contributed by atoms with Gasteiger partial charge in [0.2, 0.25) is 0 Å². The molecule has 0 spiro atoms. The van der Waals surface area contributed by atoms with E-state index < -0.39 is 59.8 Å². The van der Waals surface area contributed by atoms with E-state index in [0.717, 1.165) is 12.1 Å². The van der Waals surface area contributed by atoms with Gasteiger partial charge in [0, 0.05) is 6.92 Å². The minimum atomic E-state index is -4.84. The second-order valence-corrected chi connectivity index (χ2v) is 10.3. The molecule has 12 heteroatoms. The lowest BCUT2D eigenvalue weighted by Gasteiger charge is -2.30. The van der Waals surface area contributed by atoms with Gasteiger partial charge in [0.15, 0.2) is 12.2 Å². The summed E-state index contributed by atoms with van der Waals surface area (Å²) in [7, 11) is 0. The van der Waals surface area contributed by atoms with E-state index >= 15 is 0 Å². The van der Waals surface area contributed by atoms with Crippen LogP contribution in [0.1, 0.15) is 54.0 Å². The molecule has 2 rings (SSSR count). The number of alkyl halides is 3. The van der Waals surface area contributed by atoms with Crippen molar-refractivity contribution in [3.63, 3.8) is 0 Å². The molecule has 1 saturated heterocycles. The van der Waals surface area contributed by atoms with Crippen molar-refractivity contribution in [1.82, 2.24) is 4.90 Å². The van der Waals surface area contributed by atoms with Gasteiger partial charge in [-0.3, -0.25) is 9.69 Å². The number of amides is 1. The van der Waals surface area contributed by atoms with Gasteiger partial charge >= 0.3 is 24.6 Å². The van der Waals surface area contributed by atoms with Crippen molar-refractivity contribution < 1.29 is 51.2 Å². The van der Waals surface area contributed by atoms with E-state index in [2.05, 4.69) is 4.74 Å². The van der Waals surface area contributed by atoms with Crippen molar-refractivity contribution in [2.75, 3.05) is 6.54 Å². The highest BCUT2D eigenvalue weighted by Crippen LogP contribution is 2.31. The standard InChI is InChI=1S/C24H32F3NO8/c1-14(29)32-19-17(12-15-8-10-16(11-9-15)34-24(25,26)27)28(20(30)35-22(2,3)4)13-18(19)33-21(31)36-23(5,6)7/h8-11,17-19H,12-13H2,1-7H3/t17-,18+,19+/m1/s1. The molecular formula is C24H32F3NO8. The van der Waals surface area contributed by atoms with Crippen LogP contribution in [0.15, 0.2) is 24.3 Å². The summed E-state index contributed by atoms with van der Waals surface area (Å²) in [4.78, 5) is 38.5. The predicted molar refractivity (Wildman–Crippen MR) is 120 cm³/mol. The predicted octanol–water partition coefficient (Wildman–Crippen LogP) is 5.00. The normalized spacial score (nSPS) is 20.5. The highest BCUT2D eigenvalue weighted by molar-refractivity contribution is 5.71. The Kier molecular flexibility index (Phi) is 8.74. The molecule has 0 unspecified atom stereocenters. The maximum Gasteiger partial charge on any atom is 0.573 e.